The fourth-order valence-corrected chi connectivity index (χ4v) is 1.63. The van der Waals surface area contributed by atoms with Crippen LogP contribution in [-0.4, -0.2) is 9.97 Å². The van der Waals surface area contributed by atoms with Gasteiger partial charge >= 0.3 is 0 Å². The summed E-state index contributed by atoms with van der Waals surface area (Å²) in [6.07, 6.45) is 0. The first-order chi connectivity index (χ1) is 6.43. The third-order valence-electron chi connectivity index (χ3n) is 2.33. The normalized spacial score (nSPS) is 11.4. The molecule has 3 heteroatoms. The minimum atomic E-state index is 0.398. The van der Waals surface area contributed by atoms with Crippen molar-refractivity contribution in [2.45, 2.75) is 46.5 Å². The largest absolute Gasteiger partial charge is 0.346 e. The van der Waals surface area contributed by atoms with E-state index in [-0.39, 0.29) is 0 Å². The number of hydrogen-bond donors (Lipinski definition) is 1. The monoisotopic (exact) mass is 210 g/mol. The molecule has 0 fully saturated rings. The molecule has 0 bridgehead atoms. The minimum absolute atomic E-state index is 0.398. The molecule has 0 saturated heterocycles. The van der Waals surface area contributed by atoms with Gasteiger partial charge in [0.25, 0.3) is 0 Å². The van der Waals surface area contributed by atoms with E-state index >= 15 is 0 Å². The first-order valence-electron chi connectivity index (χ1n) is 5.04. The molecule has 1 rings (SSSR count). The van der Waals surface area contributed by atoms with Crippen molar-refractivity contribution in [2.24, 2.45) is 0 Å². The highest BCUT2D eigenvalue weighted by molar-refractivity contribution is 7.71. The average Bonchev–Trinajstić information content (AvgIpc) is 2.08. The van der Waals surface area contributed by atoms with Gasteiger partial charge in [-0.1, -0.05) is 39.9 Å². The maximum atomic E-state index is 5.24. The van der Waals surface area contributed by atoms with Gasteiger partial charge in [0, 0.05) is 17.2 Å². The number of H-pyrrole nitrogens is 1. The van der Waals surface area contributed by atoms with E-state index in [1.54, 1.807) is 0 Å². The third-order valence-corrected chi connectivity index (χ3v) is 2.73. The summed E-state index contributed by atoms with van der Waals surface area (Å²) in [5.74, 6) is 1.86. The molecule has 0 unspecified atom stereocenters. The first kappa shape index (κ1) is 11.4. The molecule has 78 valence electrons. The molecule has 0 aromatic carbocycles. The van der Waals surface area contributed by atoms with Crippen LogP contribution in [-0.2, 0) is 0 Å². The van der Waals surface area contributed by atoms with Crippen molar-refractivity contribution in [1.82, 2.24) is 9.97 Å². The number of nitrogens with one attached hydrogen (secondary N) is 1. The highest BCUT2D eigenvalue weighted by atomic mass is 32.1. The second-order valence-corrected chi connectivity index (χ2v) is 4.66. The lowest BCUT2D eigenvalue weighted by atomic mass is 10.1. The number of aromatic nitrogens is 2. The quantitative estimate of drug-likeness (QED) is 0.754. The van der Waals surface area contributed by atoms with Gasteiger partial charge in [-0.3, -0.25) is 0 Å². The summed E-state index contributed by atoms with van der Waals surface area (Å²) in [4.78, 5) is 7.75. The molecule has 0 amide bonds. The maximum absolute atomic E-state index is 5.24. The van der Waals surface area contributed by atoms with E-state index in [0.29, 0.717) is 11.8 Å². The standard InChI is InChI=1S/C11H18N2S/c1-6(2)9-8(5)11(14)13-10(12-9)7(3)4/h6-7H,1-5H3,(H,12,13,14). The van der Waals surface area contributed by atoms with Crippen molar-refractivity contribution in [1.29, 1.82) is 0 Å². The number of rotatable bonds is 2. The summed E-state index contributed by atoms with van der Waals surface area (Å²) in [5, 5.41) is 0. The van der Waals surface area contributed by atoms with Gasteiger partial charge in [-0.25, -0.2) is 4.98 Å². The van der Waals surface area contributed by atoms with Crippen molar-refractivity contribution in [2.75, 3.05) is 0 Å². The predicted molar refractivity (Wildman–Crippen MR) is 62.3 cm³/mol. The molecular weight excluding hydrogens is 192 g/mol. The third kappa shape index (κ3) is 2.21. The molecule has 2 nitrogen and oxygen atoms in total. The van der Waals surface area contributed by atoms with Crippen molar-refractivity contribution >= 4 is 12.2 Å². The lowest BCUT2D eigenvalue weighted by Gasteiger charge is -2.13. The Labute approximate surface area is 90.8 Å². The van der Waals surface area contributed by atoms with Crippen LogP contribution >= 0.6 is 12.2 Å². The average molecular weight is 210 g/mol. The van der Waals surface area contributed by atoms with Gasteiger partial charge in [0.05, 0.1) is 0 Å². The zero-order chi connectivity index (χ0) is 10.9. The van der Waals surface area contributed by atoms with Crippen LogP contribution < -0.4 is 0 Å². The summed E-state index contributed by atoms with van der Waals surface area (Å²) in [6, 6.07) is 0. The molecule has 1 aromatic heterocycles. The van der Waals surface area contributed by atoms with Gasteiger partial charge < -0.3 is 4.98 Å². The molecule has 0 atom stereocenters. The van der Waals surface area contributed by atoms with Gasteiger partial charge in [0.15, 0.2) is 0 Å². The van der Waals surface area contributed by atoms with E-state index in [2.05, 4.69) is 37.7 Å². The van der Waals surface area contributed by atoms with Crippen molar-refractivity contribution in [3.63, 3.8) is 0 Å². The van der Waals surface area contributed by atoms with Gasteiger partial charge in [-0.2, -0.15) is 0 Å². The molecule has 0 aliphatic heterocycles. The molecule has 0 aliphatic rings. The number of hydrogen-bond acceptors (Lipinski definition) is 2. The molecule has 0 saturated carbocycles. The van der Waals surface area contributed by atoms with Crippen molar-refractivity contribution < 1.29 is 0 Å². The van der Waals surface area contributed by atoms with Gasteiger partial charge in [-0.15, -0.1) is 0 Å². The van der Waals surface area contributed by atoms with Crippen LogP contribution in [0.4, 0.5) is 0 Å². The van der Waals surface area contributed by atoms with E-state index < -0.39 is 0 Å². The zero-order valence-corrected chi connectivity index (χ0v) is 10.3. The predicted octanol–water partition coefficient (Wildman–Crippen LogP) is 3.69. The molecule has 1 heterocycles. The van der Waals surface area contributed by atoms with Crippen LogP contribution in [0.15, 0.2) is 0 Å². The lowest BCUT2D eigenvalue weighted by Crippen LogP contribution is -2.06. The topological polar surface area (TPSA) is 28.7 Å². The Morgan fingerprint density at radius 1 is 1.14 bits per heavy atom. The summed E-state index contributed by atoms with van der Waals surface area (Å²) in [6.45, 7) is 10.6. The van der Waals surface area contributed by atoms with E-state index in [4.69, 9.17) is 12.2 Å². The fourth-order valence-electron chi connectivity index (χ4n) is 1.42. The molecule has 0 radical (unpaired) electrons. The van der Waals surface area contributed by atoms with Gasteiger partial charge in [0.2, 0.25) is 0 Å². The Morgan fingerprint density at radius 3 is 2.14 bits per heavy atom. The molecular formula is C11H18N2S. The molecule has 14 heavy (non-hydrogen) atoms. The summed E-state index contributed by atoms with van der Waals surface area (Å²) >= 11 is 5.24. The van der Waals surface area contributed by atoms with E-state index in [1.807, 2.05) is 6.92 Å². The fraction of sp³-hybridized carbons (Fsp3) is 0.636. The highest BCUT2D eigenvalue weighted by Crippen LogP contribution is 2.19. The molecule has 0 aliphatic carbocycles. The van der Waals surface area contributed by atoms with E-state index in [9.17, 15) is 0 Å². The Balaban J connectivity index is 3.36. The Kier molecular flexibility index (Phi) is 3.43. The Morgan fingerprint density at radius 2 is 1.71 bits per heavy atom. The minimum Gasteiger partial charge on any atom is -0.346 e. The lowest BCUT2D eigenvalue weighted by molar-refractivity contribution is 0.719. The summed E-state index contributed by atoms with van der Waals surface area (Å²) < 4.78 is 0.733. The van der Waals surface area contributed by atoms with E-state index in [1.165, 1.54) is 5.69 Å². The second-order valence-electron chi connectivity index (χ2n) is 4.28. The van der Waals surface area contributed by atoms with Gasteiger partial charge in [0.1, 0.15) is 10.5 Å². The van der Waals surface area contributed by atoms with E-state index in [0.717, 1.165) is 16.0 Å². The van der Waals surface area contributed by atoms with Crippen molar-refractivity contribution in [3.05, 3.63) is 21.7 Å². The van der Waals surface area contributed by atoms with Crippen LogP contribution in [0.3, 0.4) is 0 Å². The smallest absolute Gasteiger partial charge is 0.132 e. The Bertz CT molecular complexity index is 377. The van der Waals surface area contributed by atoms with Crippen LogP contribution in [0.5, 0.6) is 0 Å². The SMILES string of the molecule is Cc1c(C(C)C)[nH]c(C(C)C)nc1=S. The molecule has 1 aromatic rings. The van der Waals surface area contributed by atoms with Crippen LogP contribution in [0.2, 0.25) is 0 Å². The first-order valence-corrected chi connectivity index (χ1v) is 5.45. The number of aromatic amines is 1. The van der Waals surface area contributed by atoms with Crippen LogP contribution in [0.1, 0.15) is 56.6 Å². The molecule has 1 N–H and O–H groups in total. The second kappa shape index (κ2) is 4.22. The highest BCUT2D eigenvalue weighted by Gasteiger charge is 2.09. The summed E-state index contributed by atoms with van der Waals surface area (Å²) in [7, 11) is 0. The van der Waals surface area contributed by atoms with Crippen molar-refractivity contribution in [3.8, 4) is 0 Å². The van der Waals surface area contributed by atoms with Crippen LogP contribution in [0.25, 0.3) is 0 Å². The maximum Gasteiger partial charge on any atom is 0.132 e. The number of nitrogens with zero attached hydrogens (tertiary/aromatic N) is 1. The van der Waals surface area contributed by atoms with Crippen LogP contribution in [0, 0.1) is 11.6 Å². The molecule has 0 spiro atoms. The zero-order valence-electron chi connectivity index (χ0n) is 9.51. The Hall–Kier alpha value is -0.700. The van der Waals surface area contributed by atoms with Gasteiger partial charge in [-0.05, 0) is 12.8 Å². The summed E-state index contributed by atoms with van der Waals surface area (Å²) in [5.41, 5.74) is 2.33.